The molecule has 0 amide bonds. The molecule has 0 spiro atoms. The van der Waals surface area contributed by atoms with Crippen LogP contribution in [0.15, 0.2) is 18.5 Å². The van der Waals surface area contributed by atoms with Crippen molar-refractivity contribution in [3.8, 4) is 0 Å². The Bertz CT molecular complexity index is 175. The first kappa shape index (κ1) is 4.46. The van der Waals surface area contributed by atoms with E-state index in [0.717, 1.165) is 4.51 Å². The summed E-state index contributed by atoms with van der Waals surface area (Å²) in [5.74, 6) is 0. The van der Waals surface area contributed by atoms with Crippen LogP contribution in [-0.2, 0) is 0 Å². The van der Waals surface area contributed by atoms with Gasteiger partial charge in [-0.15, -0.1) is 0 Å². The first-order valence-electron chi connectivity index (χ1n) is 1.89. The lowest BCUT2D eigenvalue weighted by Crippen LogP contribution is -1.72. The van der Waals surface area contributed by atoms with Gasteiger partial charge in [0.05, 0.1) is 10.7 Å². The van der Waals surface area contributed by atoms with Crippen molar-refractivity contribution in [2.75, 3.05) is 0 Å². The molecule has 2 nitrogen and oxygen atoms in total. The van der Waals surface area contributed by atoms with Crippen molar-refractivity contribution >= 4 is 12.2 Å². The number of aromatic nitrogens is 2. The molecule has 1 rings (SSSR count). The zero-order valence-corrected chi connectivity index (χ0v) is 4.40. The first-order chi connectivity index (χ1) is 3.39. The Morgan fingerprint density at radius 3 is 2.86 bits per heavy atom. The summed E-state index contributed by atoms with van der Waals surface area (Å²) < 4.78 is 0.763. The number of hydrogen-bond donors (Lipinski definition) is 1. The van der Waals surface area contributed by atoms with Crippen LogP contribution in [0, 0.1) is 4.51 Å². The van der Waals surface area contributed by atoms with Gasteiger partial charge in [-0.05, 0) is 6.07 Å². The number of hydrogen-bond acceptors (Lipinski definition) is 2. The van der Waals surface area contributed by atoms with Crippen LogP contribution in [0.5, 0.6) is 0 Å². The Hall–Kier alpha value is -0.700. The fourth-order valence-electron chi connectivity index (χ4n) is 0.306. The highest BCUT2D eigenvalue weighted by Crippen LogP contribution is 1.78. The summed E-state index contributed by atoms with van der Waals surface area (Å²) >= 11 is 4.73. The van der Waals surface area contributed by atoms with Gasteiger partial charge >= 0.3 is 0 Å². The van der Waals surface area contributed by atoms with Gasteiger partial charge in [-0.2, -0.15) is 5.10 Å². The maximum absolute atomic E-state index is 4.73. The summed E-state index contributed by atoms with van der Waals surface area (Å²) in [7, 11) is 0. The fourth-order valence-corrected chi connectivity index (χ4v) is 0.427. The van der Waals surface area contributed by atoms with Crippen LogP contribution in [0.2, 0.25) is 0 Å². The van der Waals surface area contributed by atoms with Gasteiger partial charge in [0, 0.05) is 6.20 Å². The minimum absolute atomic E-state index is 0.763. The van der Waals surface area contributed by atoms with Crippen LogP contribution in [0.3, 0.4) is 0 Å². The third-order valence-corrected chi connectivity index (χ3v) is 0.830. The molecule has 1 N–H and O–H groups in total. The van der Waals surface area contributed by atoms with E-state index in [-0.39, 0.29) is 0 Å². The van der Waals surface area contributed by atoms with Crippen molar-refractivity contribution in [1.29, 1.82) is 0 Å². The lowest BCUT2D eigenvalue weighted by Gasteiger charge is -1.75. The highest BCUT2D eigenvalue weighted by molar-refractivity contribution is 7.71. The van der Waals surface area contributed by atoms with Crippen molar-refractivity contribution in [2.24, 2.45) is 0 Å². The molecule has 0 unspecified atom stereocenters. The number of nitrogens with one attached hydrogen (secondary N) is 1. The zero-order chi connectivity index (χ0) is 5.11. The molecule has 36 valence electrons. The lowest BCUT2D eigenvalue weighted by atomic mass is 10.6. The van der Waals surface area contributed by atoms with E-state index in [0.29, 0.717) is 0 Å². The molecule has 0 fully saturated rings. The summed E-state index contributed by atoms with van der Waals surface area (Å²) in [4.78, 5) is 0. The van der Waals surface area contributed by atoms with E-state index in [4.69, 9.17) is 12.2 Å². The maximum atomic E-state index is 4.73. The second-order valence-corrected chi connectivity index (χ2v) is 1.59. The van der Waals surface area contributed by atoms with E-state index in [1.54, 1.807) is 18.5 Å². The summed E-state index contributed by atoms with van der Waals surface area (Å²) in [5, 5.41) is 6.27. The standard InChI is InChI=1S/C4H4N2S/c7-4-1-2-5-6-3-4/h1-3H,(H,5,7). The molecule has 0 aliphatic carbocycles. The molecular formula is C4H4N2S. The molecule has 1 aromatic heterocycles. The monoisotopic (exact) mass is 112 g/mol. The van der Waals surface area contributed by atoms with Gasteiger partial charge in [0.2, 0.25) is 0 Å². The molecule has 3 heteroatoms. The normalized spacial score (nSPS) is 8.57. The Morgan fingerprint density at radius 2 is 2.57 bits per heavy atom. The van der Waals surface area contributed by atoms with Gasteiger partial charge < -0.3 is 0 Å². The summed E-state index contributed by atoms with van der Waals surface area (Å²) in [6, 6.07) is 1.78. The number of nitrogens with zero attached hydrogens (tertiary/aromatic N) is 1. The Morgan fingerprint density at radius 1 is 1.71 bits per heavy atom. The van der Waals surface area contributed by atoms with Crippen molar-refractivity contribution in [1.82, 2.24) is 10.2 Å². The maximum Gasteiger partial charge on any atom is 0.0653 e. The molecule has 1 aromatic rings. The van der Waals surface area contributed by atoms with Gasteiger partial charge in [-0.25, -0.2) is 0 Å². The molecule has 0 radical (unpaired) electrons. The van der Waals surface area contributed by atoms with Gasteiger partial charge in [-0.3, -0.25) is 5.10 Å². The van der Waals surface area contributed by atoms with E-state index >= 15 is 0 Å². The van der Waals surface area contributed by atoms with Crippen LogP contribution in [0.1, 0.15) is 0 Å². The van der Waals surface area contributed by atoms with Gasteiger partial charge in [0.25, 0.3) is 0 Å². The second-order valence-electron chi connectivity index (χ2n) is 1.12. The van der Waals surface area contributed by atoms with Crippen LogP contribution in [-0.4, -0.2) is 10.2 Å². The Balaban J connectivity index is 3.28. The topological polar surface area (TPSA) is 28.7 Å². The van der Waals surface area contributed by atoms with Crippen molar-refractivity contribution in [3.05, 3.63) is 23.0 Å². The van der Waals surface area contributed by atoms with Gasteiger partial charge in [0.15, 0.2) is 0 Å². The summed E-state index contributed by atoms with van der Waals surface area (Å²) in [6.07, 6.45) is 3.29. The number of rotatable bonds is 0. The van der Waals surface area contributed by atoms with Gasteiger partial charge in [-0.1, -0.05) is 12.2 Å². The summed E-state index contributed by atoms with van der Waals surface area (Å²) in [6.45, 7) is 0. The molecule has 0 aliphatic heterocycles. The lowest BCUT2D eigenvalue weighted by molar-refractivity contribution is 1.03. The minimum Gasteiger partial charge on any atom is -0.286 e. The highest BCUT2D eigenvalue weighted by Gasteiger charge is 1.67. The molecule has 0 aliphatic rings. The molecule has 0 atom stereocenters. The Kier molecular flexibility index (Phi) is 1.17. The minimum atomic E-state index is 0.763. The third-order valence-electron chi connectivity index (χ3n) is 0.588. The highest BCUT2D eigenvalue weighted by atomic mass is 32.1. The van der Waals surface area contributed by atoms with Crippen molar-refractivity contribution < 1.29 is 0 Å². The largest absolute Gasteiger partial charge is 0.286 e. The van der Waals surface area contributed by atoms with E-state index in [2.05, 4.69) is 10.2 Å². The van der Waals surface area contributed by atoms with Gasteiger partial charge in [0.1, 0.15) is 0 Å². The zero-order valence-electron chi connectivity index (χ0n) is 3.59. The van der Waals surface area contributed by atoms with E-state index in [1.807, 2.05) is 0 Å². The van der Waals surface area contributed by atoms with Crippen LogP contribution < -0.4 is 0 Å². The van der Waals surface area contributed by atoms with E-state index in [9.17, 15) is 0 Å². The predicted molar refractivity (Wildman–Crippen MR) is 29.4 cm³/mol. The molecule has 1 heterocycles. The number of H-pyrrole nitrogens is 1. The van der Waals surface area contributed by atoms with Crippen molar-refractivity contribution in [2.45, 2.75) is 0 Å². The fraction of sp³-hybridized carbons (Fsp3) is 0. The summed E-state index contributed by atoms with van der Waals surface area (Å²) in [5.41, 5.74) is 0. The first-order valence-corrected chi connectivity index (χ1v) is 2.29. The average Bonchev–Trinajstić information content (AvgIpc) is 1.69. The van der Waals surface area contributed by atoms with Crippen LogP contribution >= 0.6 is 12.2 Å². The third kappa shape index (κ3) is 1.08. The van der Waals surface area contributed by atoms with E-state index < -0.39 is 0 Å². The predicted octanol–water partition coefficient (Wildman–Crippen LogP) is 1.14. The van der Waals surface area contributed by atoms with Crippen LogP contribution in [0.25, 0.3) is 0 Å². The molecule has 0 bridgehead atoms. The second kappa shape index (κ2) is 1.84. The smallest absolute Gasteiger partial charge is 0.0653 e. The number of aromatic amines is 1. The SMILES string of the molecule is S=c1cc[nH]nc1. The quantitative estimate of drug-likeness (QED) is 0.510. The molecule has 0 aromatic carbocycles. The molecule has 0 saturated carbocycles. The van der Waals surface area contributed by atoms with Crippen LogP contribution in [0.4, 0.5) is 0 Å². The van der Waals surface area contributed by atoms with E-state index in [1.165, 1.54) is 0 Å². The average molecular weight is 112 g/mol. The molecular weight excluding hydrogens is 108 g/mol. The molecule has 0 saturated heterocycles. The molecule has 7 heavy (non-hydrogen) atoms. The Labute approximate surface area is 46.2 Å². The van der Waals surface area contributed by atoms with Crippen molar-refractivity contribution in [3.63, 3.8) is 0 Å².